The van der Waals surface area contributed by atoms with E-state index in [1.54, 1.807) is 18.3 Å². The lowest BCUT2D eigenvalue weighted by atomic mass is 9.89. The van der Waals surface area contributed by atoms with Crippen molar-refractivity contribution in [3.05, 3.63) is 60.0 Å². The summed E-state index contributed by atoms with van der Waals surface area (Å²) in [5.41, 5.74) is -1.06. The van der Waals surface area contributed by atoms with Crippen LogP contribution in [0.1, 0.15) is 25.3 Å². The van der Waals surface area contributed by atoms with Crippen LogP contribution in [0.4, 0.5) is 9.18 Å². The minimum atomic E-state index is -1.47. The number of hydrogen-bond donors (Lipinski definition) is 3. The molecule has 1 saturated heterocycles. The highest BCUT2D eigenvalue weighted by molar-refractivity contribution is 6.07. The van der Waals surface area contributed by atoms with Gasteiger partial charge in [0.05, 0.1) is 13.2 Å². The number of aromatic nitrogens is 1. The molecule has 3 amide bonds. The molecule has 0 bridgehead atoms. The van der Waals surface area contributed by atoms with E-state index >= 15 is 0 Å². The molecule has 30 heavy (non-hydrogen) atoms. The van der Waals surface area contributed by atoms with Crippen molar-refractivity contribution in [3.63, 3.8) is 0 Å². The molecule has 0 saturated carbocycles. The summed E-state index contributed by atoms with van der Waals surface area (Å²) in [6, 6.07) is 10.0. The number of unbranched alkanes of at least 4 members (excludes halogenated alkanes) is 1. The summed E-state index contributed by atoms with van der Waals surface area (Å²) in [6.45, 7) is 2.62. The molecule has 4 rings (SSSR count). The van der Waals surface area contributed by atoms with Gasteiger partial charge in [-0.2, -0.15) is 0 Å². The van der Waals surface area contributed by atoms with Crippen molar-refractivity contribution in [2.45, 2.75) is 31.8 Å². The molecule has 0 aliphatic carbocycles. The van der Waals surface area contributed by atoms with Crippen LogP contribution in [0, 0.1) is 5.82 Å². The lowest BCUT2D eigenvalue weighted by Crippen LogP contribution is -2.47. The summed E-state index contributed by atoms with van der Waals surface area (Å²) in [5.74, 6) is -0.377. The van der Waals surface area contributed by atoms with Crippen molar-refractivity contribution in [3.8, 4) is 11.6 Å². The lowest BCUT2D eigenvalue weighted by molar-refractivity contribution is -0.124. The van der Waals surface area contributed by atoms with Crippen LogP contribution in [0.15, 0.2) is 48.7 Å². The Morgan fingerprint density at radius 1 is 1.17 bits per heavy atom. The Hall–Kier alpha value is -3.55. The van der Waals surface area contributed by atoms with Crippen LogP contribution < -0.4 is 15.4 Å². The molecular formula is C22H22FN3O4. The molecule has 1 atom stereocenters. The third-order valence-electron chi connectivity index (χ3n) is 5.28. The van der Waals surface area contributed by atoms with Gasteiger partial charge in [-0.3, -0.25) is 10.1 Å². The van der Waals surface area contributed by atoms with Crippen LogP contribution in [0.5, 0.6) is 11.6 Å². The number of nitrogens with zero attached hydrogens (tertiary/aromatic N) is 1. The molecule has 2 aromatic carbocycles. The molecule has 3 N–H and O–H groups in total. The number of ether oxygens (including phenoxy) is 1. The first-order valence-electron chi connectivity index (χ1n) is 9.77. The number of rotatable bonds is 7. The first kappa shape index (κ1) is 19.8. The Morgan fingerprint density at radius 2 is 1.93 bits per heavy atom. The number of fused-ring (bicyclic) bond motifs is 1. The zero-order chi connectivity index (χ0) is 21.3. The number of imide groups is 1. The number of urea groups is 1. The number of carbonyl (C=O) groups is 2. The number of benzene rings is 2. The molecule has 156 valence electrons. The second-order valence-electron chi connectivity index (χ2n) is 7.35. The molecule has 1 aromatic heterocycles. The van der Waals surface area contributed by atoms with Gasteiger partial charge in [0.25, 0.3) is 5.91 Å². The normalized spacial score (nSPS) is 18.5. The van der Waals surface area contributed by atoms with Crippen LogP contribution >= 0.6 is 0 Å². The van der Waals surface area contributed by atoms with Gasteiger partial charge in [-0.15, -0.1) is 0 Å². The van der Waals surface area contributed by atoms with Crippen molar-refractivity contribution in [2.24, 2.45) is 0 Å². The summed E-state index contributed by atoms with van der Waals surface area (Å²) in [6.07, 6.45) is 3.67. The van der Waals surface area contributed by atoms with E-state index in [9.17, 15) is 19.1 Å². The zero-order valence-corrected chi connectivity index (χ0v) is 16.4. The van der Waals surface area contributed by atoms with E-state index in [2.05, 4.69) is 17.6 Å². The van der Waals surface area contributed by atoms with Gasteiger partial charge in [-0.05, 0) is 42.3 Å². The third kappa shape index (κ3) is 3.45. The number of carbonyl (C=O) groups excluding carboxylic acids is 2. The molecule has 1 fully saturated rings. The van der Waals surface area contributed by atoms with Crippen LogP contribution in [0.3, 0.4) is 0 Å². The average molecular weight is 411 g/mol. The third-order valence-corrected chi connectivity index (χ3v) is 5.28. The van der Waals surface area contributed by atoms with Crippen LogP contribution in [-0.4, -0.2) is 28.2 Å². The smallest absolute Gasteiger partial charge is 0.322 e. The molecule has 1 aliphatic heterocycles. The Labute approximate surface area is 172 Å². The van der Waals surface area contributed by atoms with E-state index in [-0.39, 0.29) is 12.4 Å². The molecule has 1 aliphatic rings. The molecule has 8 heteroatoms. The number of halogens is 1. The monoisotopic (exact) mass is 411 g/mol. The van der Waals surface area contributed by atoms with Crippen molar-refractivity contribution in [1.29, 1.82) is 0 Å². The maximum atomic E-state index is 13.4. The Bertz CT molecular complexity index is 1110. The first-order valence-corrected chi connectivity index (χ1v) is 9.77. The quantitative estimate of drug-likeness (QED) is 0.410. The van der Waals surface area contributed by atoms with Crippen molar-refractivity contribution in [2.75, 3.05) is 6.61 Å². The summed E-state index contributed by atoms with van der Waals surface area (Å²) >= 11 is 0. The predicted octanol–water partition coefficient (Wildman–Crippen LogP) is 3.40. The molecular weight excluding hydrogens is 389 g/mol. The van der Waals surface area contributed by atoms with Gasteiger partial charge in [0.2, 0.25) is 0 Å². The van der Waals surface area contributed by atoms with Gasteiger partial charge in [0.1, 0.15) is 11.6 Å². The van der Waals surface area contributed by atoms with E-state index in [4.69, 9.17) is 4.74 Å². The van der Waals surface area contributed by atoms with Crippen LogP contribution in [0.2, 0.25) is 0 Å². The Morgan fingerprint density at radius 3 is 2.60 bits per heavy atom. The van der Waals surface area contributed by atoms with Gasteiger partial charge in [0, 0.05) is 17.0 Å². The second kappa shape index (κ2) is 7.70. The van der Waals surface area contributed by atoms with Gasteiger partial charge in [0.15, 0.2) is 11.4 Å². The van der Waals surface area contributed by atoms with E-state index in [1.165, 1.54) is 28.8 Å². The minimum Gasteiger partial charge on any atom is -0.494 e. The summed E-state index contributed by atoms with van der Waals surface area (Å²) in [4.78, 5) is 24.6. The first-order chi connectivity index (χ1) is 14.4. The second-order valence-corrected chi connectivity index (χ2v) is 7.35. The fourth-order valence-electron chi connectivity index (χ4n) is 3.67. The number of aromatic hydroxyl groups is 1. The molecule has 7 nitrogen and oxygen atoms in total. The highest BCUT2D eigenvalue weighted by Gasteiger charge is 2.48. The number of hydrogen-bond acceptors (Lipinski definition) is 4. The van der Waals surface area contributed by atoms with Gasteiger partial charge in [-0.25, -0.2) is 9.18 Å². The van der Waals surface area contributed by atoms with Crippen molar-refractivity contribution < 1.29 is 23.8 Å². The predicted molar refractivity (Wildman–Crippen MR) is 109 cm³/mol. The zero-order valence-electron chi connectivity index (χ0n) is 16.4. The summed E-state index contributed by atoms with van der Waals surface area (Å²) in [5, 5.41) is 16.9. The topological polar surface area (TPSA) is 92.6 Å². The van der Waals surface area contributed by atoms with Gasteiger partial charge >= 0.3 is 6.03 Å². The Balaban J connectivity index is 1.71. The maximum absolute atomic E-state index is 13.4. The van der Waals surface area contributed by atoms with E-state index < -0.39 is 23.3 Å². The van der Waals surface area contributed by atoms with Gasteiger partial charge < -0.3 is 19.7 Å². The fourth-order valence-corrected chi connectivity index (χ4v) is 3.67. The summed E-state index contributed by atoms with van der Waals surface area (Å²) < 4.78 is 20.6. The summed E-state index contributed by atoms with van der Waals surface area (Å²) in [7, 11) is 0. The average Bonchev–Trinajstić information content (AvgIpc) is 3.18. The van der Waals surface area contributed by atoms with Crippen molar-refractivity contribution in [1.82, 2.24) is 15.2 Å². The maximum Gasteiger partial charge on any atom is 0.322 e. The highest BCUT2D eigenvalue weighted by Crippen LogP contribution is 2.34. The van der Waals surface area contributed by atoms with Crippen LogP contribution in [0.25, 0.3) is 10.8 Å². The van der Waals surface area contributed by atoms with Gasteiger partial charge in [-0.1, -0.05) is 25.5 Å². The fraction of sp³-hybridized carbons (Fsp3) is 0.273. The SMILES string of the molecule is CCCCOc1ccc2c(O)n(CC3(c4ccc(F)cc4)NC(=O)NC3=O)cc2c1. The highest BCUT2D eigenvalue weighted by atomic mass is 19.1. The van der Waals surface area contributed by atoms with Crippen molar-refractivity contribution >= 4 is 22.7 Å². The van der Waals surface area contributed by atoms with Crippen LogP contribution in [-0.2, 0) is 16.9 Å². The standard InChI is InChI=1S/C22H22FN3O4/c1-2-3-10-30-17-8-9-18-14(11-17)12-26(19(18)27)13-22(20(28)24-21(29)25-22)15-4-6-16(23)7-5-15/h4-9,11-12,27H,2-3,10,13H2,1H3,(H2,24,25,28,29). The number of amides is 3. The number of nitrogens with one attached hydrogen (secondary N) is 2. The Kier molecular flexibility index (Phi) is 5.07. The largest absolute Gasteiger partial charge is 0.494 e. The molecule has 0 spiro atoms. The lowest BCUT2D eigenvalue weighted by Gasteiger charge is -2.27. The molecule has 1 unspecified atom stereocenters. The van der Waals surface area contributed by atoms with E-state index in [0.29, 0.717) is 23.3 Å². The minimum absolute atomic E-state index is 0.0412. The van der Waals surface area contributed by atoms with E-state index in [0.717, 1.165) is 18.2 Å². The molecule has 3 aromatic rings. The van der Waals surface area contributed by atoms with E-state index in [1.807, 2.05) is 6.07 Å². The molecule has 0 radical (unpaired) electrons. The molecule has 2 heterocycles.